The molecule has 4 nitrogen and oxygen atoms in total. The largest absolute Gasteiger partial charge is 0.465 e. The molecule has 0 atom stereocenters. The number of nitrogens with one attached hydrogen (secondary N) is 1. The monoisotopic (exact) mass is 276 g/mol. The van der Waals surface area contributed by atoms with Crippen molar-refractivity contribution in [2.45, 2.75) is 19.9 Å². The number of benzene rings is 1. The first-order valence-corrected chi connectivity index (χ1v) is 6.91. The van der Waals surface area contributed by atoms with Crippen LogP contribution in [-0.4, -0.2) is 18.1 Å². The van der Waals surface area contributed by atoms with Gasteiger partial charge in [-0.3, -0.25) is 0 Å². The van der Waals surface area contributed by atoms with Gasteiger partial charge in [0.15, 0.2) is 5.13 Å². The number of hydrogen-bond donors (Lipinski definition) is 1. The van der Waals surface area contributed by atoms with Crippen LogP contribution in [-0.2, 0) is 17.7 Å². The Kier molecular flexibility index (Phi) is 4.52. The van der Waals surface area contributed by atoms with Crippen LogP contribution >= 0.6 is 11.3 Å². The van der Waals surface area contributed by atoms with Crippen LogP contribution in [0.25, 0.3) is 0 Å². The Hall–Kier alpha value is -1.88. The molecule has 1 heterocycles. The van der Waals surface area contributed by atoms with E-state index in [-0.39, 0.29) is 5.97 Å². The van der Waals surface area contributed by atoms with Gasteiger partial charge in [-0.05, 0) is 17.5 Å². The SMILES string of the molecule is CCc1ccccc1CNc1ncc(C(=O)OC)s1. The van der Waals surface area contributed by atoms with E-state index in [9.17, 15) is 4.79 Å². The molecule has 0 saturated carbocycles. The maximum Gasteiger partial charge on any atom is 0.349 e. The topological polar surface area (TPSA) is 51.2 Å². The smallest absolute Gasteiger partial charge is 0.349 e. The lowest BCUT2D eigenvalue weighted by Crippen LogP contribution is -2.01. The van der Waals surface area contributed by atoms with Gasteiger partial charge in [0.05, 0.1) is 13.3 Å². The van der Waals surface area contributed by atoms with E-state index in [2.05, 4.69) is 34.1 Å². The number of hydrogen-bond acceptors (Lipinski definition) is 5. The summed E-state index contributed by atoms with van der Waals surface area (Å²) < 4.78 is 4.65. The minimum atomic E-state index is -0.348. The summed E-state index contributed by atoms with van der Waals surface area (Å²) in [4.78, 5) is 16.0. The molecular weight excluding hydrogens is 260 g/mol. The van der Waals surface area contributed by atoms with Gasteiger partial charge in [-0.1, -0.05) is 42.5 Å². The summed E-state index contributed by atoms with van der Waals surface area (Å²) >= 11 is 1.30. The number of nitrogens with zero attached hydrogens (tertiary/aromatic N) is 1. The van der Waals surface area contributed by atoms with Crippen LogP contribution in [0.3, 0.4) is 0 Å². The molecule has 2 rings (SSSR count). The van der Waals surface area contributed by atoms with Gasteiger partial charge in [-0.15, -0.1) is 0 Å². The third-order valence-electron chi connectivity index (χ3n) is 2.82. The number of thiazole rings is 1. The molecule has 0 spiro atoms. The fourth-order valence-corrected chi connectivity index (χ4v) is 2.53. The molecule has 0 aliphatic rings. The van der Waals surface area contributed by atoms with Gasteiger partial charge in [0.1, 0.15) is 4.88 Å². The van der Waals surface area contributed by atoms with E-state index in [1.54, 1.807) is 0 Å². The number of rotatable bonds is 5. The number of methoxy groups -OCH3 is 1. The molecule has 2 aromatic rings. The number of aryl methyl sites for hydroxylation is 1. The fourth-order valence-electron chi connectivity index (χ4n) is 1.80. The number of anilines is 1. The minimum absolute atomic E-state index is 0.348. The average Bonchev–Trinajstić information content (AvgIpc) is 2.93. The predicted molar refractivity (Wildman–Crippen MR) is 76.6 cm³/mol. The Morgan fingerprint density at radius 2 is 2.11 bits per heavy atom. The molecule has 1 N–H and O–H groups in total. The molecule has 0 fully saturated rings. The van der Waals surface area contributed by atoms with Crippen molar-refractivity contribution < 1.29 is 9.53 Å². The quantitative estimate of drug-likeness (QED) is 0.853. The standard InChI is InChI=1S/C14H16N2O2S/c1-3-10-6-4-5-7-11(10)8-15-14-16-9-12(19-14)13(17)18-2/h4-7,9H,3,8H2,1-2H3,(H,15,16). The van der Waals surface area contributed by atoms with Crippen LogP contribution in [0.15, 0.2) is 30.5 Å². The molecule has 0 unspecified atom stereocenters. The lowest BCUT2D eigenvalue weighted by molar-refractivity contribution is 0.0606. The average molecular weight is 276 g/mol. The molecule has 100 valence electrons. The van der Waals surface area contributed by atoms with Crippen molar-refractivity contribution >= 4 is 22.4 Å². The van der Waals surface area contributed by atoms with Crippen molar-refractivity contribution in [1.29, 1.82) is 0 Å². The highest BCUT2D eigenvalue weighted by atomic mass is 32.1. The summed E-state index contributed by atoms with van der Waals surface area (Å²) in [6, 6.07) is 8.29. The normalized spacial score (nSPS) is 10.2. The highest BCUT2D eigenvalue weighted by Gasteiger charge is 2.10. The van der Waals surface area contributed by atoms with Gasteiger partial charge >= 0.3 is 5.97 Å². The van der Waals surface area contributed by atoms with Gasteiger partial charge < -0.3 is 10.1 Å². The summed E-state index contributed by atoms with van der Waals surface area (Å²) in [5.74, 6) is -0.348. The third-order valence-corrected chi connectivity index (χ3v) is 3.76. The Labute approximate surface area is 116 Å². The van der Waals surface area contributed by atoms with Crippen molar-refractivity contribution in [3.63, 3.8) is 0 Å². The Bertz CT molecular complexity index is 566. The van der Waals surface area contributed by atoms with Crippen LogP contribution in [0.1, 0.15) is 27.7 Å². The number of esters is 1. The summed E-state index contributed by atoms with van der Waals surface area (Å²) in [5.41, 5.74) is 2.57. The van der Waals surface area contributed by atoms with Gasteiger partial charge in [0, 0.05) is 6.54 Å². The molecule has 0 bridgehead atoms. The molecule has 19 heavy (non-hydrogen) atoms. The van der Waals surface area contributed by atoms with Gasteiger partial charge in [0.25, 0.3) is 0 Å². The van der Waals surface area contributed by atoms with E-state index >= 15 is 0 Å². The second-order valence-electron chi connectivity index (χ2n) is 4.00. The van der Waals surface area contributed by atoms with Gasteiger partial charge in [-0.25, -0.2) is 9.78 Å². The first kappa shape index (κ1) is 13.5. The summed E-state index contributed by atoms with van der Waals surface area (Å²) in [6.07, 6.45) is 2.54. The van der Waals surface area contributed by atoms with Crippen LogP contribution < -0.4 is 5.32 Å². The Morgan fingerprint density at radius 1 is 1.37 bits per heavy atom. The number of carbonyl (C=O) groups is 1. The van der Waals surface area contributed by atoms with Gasteiger partial charge in [-0.2, -0.15) is 0 Å². The van der Waals surface area contributed by atoms with Crippen molar-refractivity contribution in [3.05, 3.63) is 46.5 Å². The highest BCUT2D eigenvalue weighted by Crippen LogP contribution is 2.20. The van der Waals surface area contributed by atoms with Crippen molar-refractivity contribution in [3.8, 4) is 0 Å². The molecule has 0 aliphatic heterocycles. The fraction of sp³-hybridized carbons (Fsp3) is 0.286. The second kappa shape index (κ2) is 6.33. The van der Waals surface area contributed by atoms with E-state index in [0.29, 0.717) is 11.4 Å². The van der Waals surface area contributed by atoms with Crippen molar-refractivity contribution in [1.82, 2.24) is 4.98 Å². The molecule has 0 radical (unpaired) electrons. The first-order chi connectivity index (χ1) is 9.24. The molecule has 0 saturated heterocycles. The molecule has 0 aliphatic carbocycles. The maximum atomic E-state index is 11.3. The predicted octanol–water partition coefficient (Wildman–Crippen LogP) is 3.10. The summed E-state index contributed by atoms with van der Waals surface area (Å²) in [7, 11) is 1.37. The number of carbonyl (C=O) groups excluding carboxylic acids is 1. The second-order valence-corrected chi connectivity index (χ2v) is 5.03. The highest BCUT2D eigenvalue weighted by molar-refractivity contribution is 7.17. The van der Waals surface area contributed by atoms with E-state index in [1.165, 1.54) is 35.8 Å². The third kappa shape index (κ3) is 3.32. The summed E-state index contributed by atoms with van der Waals surface area (Å²) in [6.45, 7) is 2.84. The van der Waals surface area contributed by atoms with Gasteiger partial charge in [0.2, 0.25) is 0 Å². The Morgan fingerprint density at radius 3 is 2.79 bits per heavy atom. The molecule has 1 aromatic carbocycles. The lowest BCUT2D eigenvalue weighted by atomic mass is 10.1. The zero-order valence-corrected chi connectivity index (χ0v) is 11.8. The van der Waals surface area contributed by atoms with Crippen LogP contribution in [0.4, 0.5) is 5.13 Å². The maximum absolute atomic E-state index is 11.3. The van der Waals surface area contributed by atoms with Crippen molar-refractivity contribution in [2.24, 2.45) is 0 Å². The van der Waals surface area contributed by atoms with E-state index in [0.717, 1.165) is 11.6 Å². The van der Waals surface area contributed by atoms with Crippen LogP contribution in [0.2, 0.25) is 0 Å². The van der Waals surface area contributed by atoms with E-state index in [4.69, 9.17) is 0 Å². The number of ether oxygens (including phenoxy) is 1. The number of aromatic nitrogens is 1. The van der Waals surface area contributed by atoms with Crippen molar-refractivity contribution in [2.75, 3.05) is 12.4 Å². The van der Waals surface area contributed by atoms with E-state index in [1.807, 2.05) is 12.1 Å². The zero-order valence-electron chi connectivity index (χ0n) is 11.0. The molecule has 5 heteroatoms. The molecular formula is C14H16N2O2S. The summed E-state index contributed by atoms with van der Waals surface area (Å²) in [5, 5.41) is 3.96. The Balaban J connectivity index is 2.02. The zero-order chi connectivity index (χ0) is 13.7. The first-order valence-electron chi connectivity index (χ1n) is 6.09. The van der Waals surface area contributed by atoms with E-state index < -0.39 is 0 Å². The minimum Gasteiger partial charge on any atom is -0.465 e. The van der Waals surface area contributed by atoms with Crippen LogP contribution in [0.5, 0.6) is 0 Å². The lowest BCUT2D eigenvalue weighted by Gasteiger charge is -2.07. The van der Waals surface area contributed by atoms with Crippen LogP contribution in [0, 0.1) is 0 Å². The molecule has 1 aromatic heterocycles. The molecule has 0 amide bonds.